The molecule has 0 aliphatic rings. The van der Waals surface area contributed by atoms with Gasteiger partial charge in [-0.25, -0.2) is 4.98 Å². The molecule has 20 heavy (non-hydrogen) atoms. The summed E-state index contributed by atoms with van der Waals surface area (Å²) in [7, 11) is 0. The number of hydrogen-bond donors (Lipinski definition) is 1. The van der Waals surface area contributed by atoms with E-state index >= 15 is 0 Å². The Hall–Kier alpha value is -1.72. The maximum Gasteiger partial charge on any atom is 0.130 e. The van der Waals surface area contributed by atoms with Crippen LogP contribution < -0.4 is 5.32 Å². The molecule has 1 N–H and O–H groups in total. The molecule has 3 aromatic heterocycles. The van der Waals surface area contributed by atoms with Gasteiger partial charge in [-0.2, -0.15) is 0 Å². The molecule has 3 rings (SSSR count). The monoisotopic (exact) mass is 286 g/mol. The zero-order chi connectivity index (χ0) is 13.9. The van der Waals surface area contributed by atoms with E-state index in [2.05, 4.69) is 51.2 Å². The molecule has 0 aliphatic heterocycles. The second-order valence-corrected chi connectivity index (χ2v) is 5.58. The molecule has 0 aliphatic carbocycles. The number of aromatic nitrogens is 3. The molecule has 0 bridgehead atoms. The fourth-order valence-corrected chi connectivity index (χ4v) is 3.22. The molecule has 5 heteroatoms. The van der Waals surface area contributed by atoms with E-state index in [4.69, 9.17) is 0 Å². The van der Waals surface area contributed by atoms with Gasteiger partial charge in [0.2, 0.25) is 0 Å². The Bertz CT molecular complexity index is 701. The van der Waals surface area contributed by atoms with Crippen LogP contribution in [-0.4, -0.2) is 21.1 Å². The van der Waals surface area contributed by atoms with Crippen molar-refractivity contribution < 1.29 is 0 Å². The molecule has 104 valence electrons. The van der Waals surface area contributed by atoms with E-state index < -0.39 is 0 Å². The second-order valence-electron chi connectivity index (χ2n) is 4.63. The van der Waals surface area contributed by atoms with Crippen molar-refractivity contribution in [2.75, 3.05) is 6.54 Å². The summed E-state index contributed by atoms with van der Waals surface area (Å²) in [5.74, 6) is 1.05. The minimum atomic E-state index is 0.0916. The van der Waals surface area contributed by atoms with Crippen molar-refractivity contribution in [3.63, 3.8) is 0 Å². The van der Waals surface area contributed by atoms with Crippen LogP contribution in [0.15, 0.2) is 36.1 Å². The van der Waals surface area contributed by atoms with Gasteiger partial charge in [0.25, 0.3) is 0 Å². The van der Waals surface area contributed by atoms with Gasteiger partial charge in [-0.3, -0.25) is 4.98 Å². The maximum atomic E-state index is 4.54. The number of aryl methyl sites for hydroxylation is 1. The van der Waals surface area contributed by atoms with Crippen LogP contribution in [0, 0.1) is 0 Å². The zero-order valence-corrected chi connectivity index (χ0v) is 12.5. The van der Waals surface area contributed by atoms with Gasteiger partial charge in [0.1, 0.15) is 5.82 Å². The zero-order valence-electron chi connectivity index (χ0n) is 11.7. The van der Waals surface area contributed by atoms with Crippen molar-refractivity contribution in [3.8, 4) is 0 Å². The number of imidazole rings is 1. The van der Waals surface area contributed by atoms with E-state index in [0.717, 1.165) is 24.4 Å². The fourth-order valence-electron chi connectivity index (χ4n) is 2.43. The second kappa shape index (κ2) is 5.73. The first-order chi connectivity index (χ1) is 9.83. The Balaban J connectivity index is 2.05. The van der Waals surface area contributed by atoms with E-state index in [-0.39, 0.29) is 6.04 Å². The maximum absolute atomic E-state index is 4.54. The molecule has 4 nitrogen and oxygen atoms in total. The number of thiophene rings is 1. The van der Waals surface area contributed by atoms with Crippen LogP contribution in [0.4, 0.5) is 0 Å². The molecule has 1 atom stereocenters. The van der Waals surface area contributed by atoms with Gasteiger partial charge in [-0.15, -0.1) is 11.3 Å². The molecule has 0 aromatic carbocycles. The number of nitrogens with one attached hydrogen (secondary N) is 1. The highest BCUT2D eigenvalue weighted by molar-refractivity contribution is 7.17. The number of rotatable bonds is 5. The number of hydrogen-bond acceptors (Lipinski definition) is 4. The van der Waals surface area contributed by atoms with Crippen molar-refractivity contribution in [2.24, 2.45) is 0 Å². The average Bonchev–Trinajstić information content (AvgIpc) is 3.12. The summed E-state index contributed by atoms with van der Waals surface area (Å²) in [4.78, 5) is 9.07. The highest BCUT2D eigenvalue weighted by Crippen LogP contribution is 2.26. The first-order valence-electron chi connectivity index (χ1n) is 6.91. The first-order valence-corrected chi connectivity index (χ1v) is 7.79. The van der Waals surface area contributed by atoms with Crippen molar-refractivity contribution in [1.82, 2.24) is 19.9 Å². The van der Waals surface area contributed by atoms with E-state index in [9.17, 15) is 0 Å². The predicted molar refractivity (Wildman–Crippen MR) is 83.0 cm³/mol. The Kier molecular flexibility index (Phi) is 3.80. The summed E-state index contributed by atoms with van der Waals surface area (Å²) in [5, 5.41) is 5.59. The van der Waals surface area contributed by atoms with Gasteiger partial charge in [0, 0.05) is 25.1 Å². The lowest BCUT2D eigenvalue weighted by Gasteiger charge is -2.18. The molecule has 0 fully saturated rings. The van der Waals surface area contributed by atoms with E-state index in [1.807, 2.05) is 18.6 Å². The Morgan fingerprint density at radius 1 is 1.35 bits per heavy atom. The van der Waals surface area contributed by atoms with Crippen LogP contribution in [0.2, 0.25) is 0 Å². The van der Waals surface area contributed by atoms with Gasteiger partial charge >= 0.3 is 0 Å². The molecule has 0 amide bonds. The number of pyridine rings is 1. The van der Waals surface area contributed by atoms with E-state index in [0.29, 0.717) is 0 Å². The summed E-state index contributed by atoms with van der Waals surface area (Å²) < 4.78 is 3.39. The van der Waals surface area contributed by atoms with Crippen LogP contribution >= 0.6 is 11.3 Å². The molecule has 0 saturated carbocycles. The largest absolute Gasteiger partial charge is 0.334 e. The number of nitrogens with zero attached hydrogens (tertiary/aromatic N) is 3. The SMILES string of the molecule is CCNC(c1cnc2ccsc2c1)c1nccn1CC. The van der Waals surface area contributed by atoms with Crippen LogP contribution in [0.25, 0.3) is 10.2 Å². The molecule has 0 spiro atoms. The topological polar surface area (TPSA) is 42.7 Å². The summed E-state index contributed by atoms with van der Waals surface area (Å²) in [5.41, 5.74) is 2.23. The van der Waals surface area contributed by atoms with Crippen LogP contribution in [0.1, 0.15) is 31.3 Å². The van der Waals surface area contributed by atoms with E-state index in [1.54, 1.807) is 11.3 Å². The highest BCUT2D eigenvalue weighted by atomic mass is 32.1. The Morgan fingerprint density at radius 2 is 2.25 bits per heavy atom. The van der Waals surface area contributed by atoms with Gasteiger partial charge < -0.3 is 9.88 Å². The van der Waals surface area contributed by atoms with Gasteiger partial charge in [0.05, 0.1) is 16.3 Å². The molecular formula is C15H18N4S. The summed E-state index contributed by atoms with van der Waals surface area (Å²) in [6.07, 6.45) is 5.84. The fraction of sp³-hybridized carbons (Fsp3) is 0.333. The minimum absolute atomic E-state index is 0.0916. The highest BCUT2D eigenvalue weighted by Gasteiger charge is 2.18. The van der Waals surface area contributed by atoms with Crippen LogP contribution in [-0.2, 0) is 6.54 Å². The van der Waals surface area contributed by atoms with E-state index in [1.165, 1.54) is 10.3 Å². The standard InChI is InChI=1S/C15H18N4S/c1-3-16-14(15-17-6-7-19(15)4-2)11-9-13-12(18-10-11)5-8-20-13/h5-10,14,16H,3-4H2,1-2H3. The lowest BCUT2D eigenvalue weighted by molar-refractivity contribution is 0.558. The molecule has 1 unspecified atom stereocenters. The Morgan fingerprint density at radius 3 is 3.05 bits per heavy atom. The first kappa shape index (κ1) is 13.3. The molecule has 0 radical (unpaired) electrons. The summed E-state index contributed by atoms with van der Waals surface area (Å²) in [6.45, 7) is 6.06. The molecule has 3 aromatic rings. The lowest BCUT2D eigenvalue weighted by Crippen LogP contribution is -2.25. The predicted octanol–water partition coefficient (Wildman–Crippen LogP) is 3.21. The van der Waals surface area contributed by atoms with Crippen molar-refractivity contribution in [3.05, 3.63) is 47.5 Å². The molecule has 0 saturated heterocycles. The van der Waals surface area contributed by atoms with Gasteiger partial charge in [-0.1, -0.05) is 6.92 Å². The molecular weight excluding hydrogens is 268 g/mol. The lowest BCUT2D eigenvalue weighted by atomic mass is 10.1. The number of fused-ring (bicyclic) bond motifs is 1. The van der Waals surface area contributed by atoms with Gasteiger partial charge in [-0.05, 0) is 36.5 Å². The Labute approximate surface area is 122 Å². The summed E-state index contributed by atoms with van der Waals surface area (Å²) >= 11 is 1.73. The average molecular weight is 286 g/mol. The quantitative estimate of drug-likeness (QED) is 0.783. The summed E-state index contributed by atoms with van der Waals surface area (Å²) in [6, 6.07) is 4.36. The minimum Gasteiger partial charge on any atom is -0.334 e. The normalized spacial score (nSPS) is 12.9. The van der Waals surface area contributed by atoms with Crippen molar-refractivity contribution in [1.29, 1.82) is 0 Å². The van der Waals surface area contributed by atoms with Gasteiger partial charge in [0.15, 0.2) is 0 Å². The van der Waals surface area contributed by atoms with Crippen molar-refractivity contribution >= 4 is 21.6 Å². The molecule has 3 heterocycles. The van der Waals surface area contributed by atoms with Crippen LogP contribution in [0.5, 0.6) is 0 Å². The third-order valence-corrected chi connectivity index (χ3v) is 4.27. The third kappa shape index (κ3) is 2.34. The smallest absolute Gasteiger partial charge is 0.130 e. The third-order valence-electron chi connectivity index (χ3n) is 3.41. The van der Waals surface area contributed by atoms with Crippen molar-refractivity contribution in [2.45, 2.75) is 26.4 Å². The van der Waals surface area contributed by atoms with Crippen LogP contribution in [0.3, 0.4) is 0 Å².